The van der Waals surface area contributed by atoms with Crippen molar-refractivity contribution in [3.8, 4) is 0 Å². The highest BCUT2D eigenvalue weighted by Crippen LogP contribution is 2.19. The smallest absolute Gasteiger partial charge is 0.409 e. The van der Waals surface area contributed by atoms with E-state index in [2.05, 4.69) is 4.99 Å². The number of benzene rings is 1. The predicted molar refractivity (Wildman–Crippen MR) is 131 cm³/mol. The minimum Gasteiger partial charge on any atom is -0.468 e. The number of carbonyl (C=O) groups is 4. The number of carbonyl (C=O) groups excluding carboxylic acids is 4. The standard InChI is InChI=1S/C22H28N4O8S2/c1-4-34-22(30)25-9-7-24(8-10-25)19(28)14-36(31,32)13-18(27)23-21-26(12-20(29)33-3)16-6-5-15(2)11-17(16)35-21/h5-6,11H,4,7-10,12-14H2,1-3H3. The van der Waals surface area contributed by atoms with Gasteiger partial charge in [0.05, 0.1) is 23.9 Å². The lowest BCUT2D eigenvalue weighted by Gasteiger charge is -2.34. The molecule has 36 heavy (non-hydrogen) atoms. The fourth-order valence-electron chi connectivity index (χ4n) is 3.62. The van der Waals surface area contributed by atoms with E-state index in [9.17, 15) is 27.6 Å². The van der Waals surface area contributed by atoms with Gasteiger partial charge >= 0.3 is 12.1 Å². The number of methoxy groups -OCH3 is 1. The number of hydrogen-bond donors (Lipinski definition) is 0. The molecule has 0 spiro atoms. The van der Waals surface area contributed by atoms with Crippen LogP contribution in [-0.4, -0.2) is 98.1 Å². The van der Waals surface area contributed by atoms with Crippen molar-refractivity contribution >= 4 is 55.3 Å². The van der Waals surface area contributed by atoms with Gasteiger partial charge in [0, 0.05) is 26.2 Å². The van der Waals surface area contributed by atoms with Crippen LogP contribution in [0.15, 0.2) is 23.2 Å². The first-order valence-electron chi connectivity index (χ1n) is 11.2. The van der Waals surface area contributed by atoms with Crippen molar-refractivity contribution in [1.82, 2.24) is 14.4 Å². The quantitative estimate of drug-likeness (QED) is 0.457. The number of nitrogens with zero attached hydrogens (tertiary/aromatic N) is 4. The van der Waals surface area contributed by atoms with E-state index in [1.807, 2.05) is 19.1 Å². The Morgan fingerprint density at radius 3 is 2.36 bits per heavy atom. The maximum atomic E-state index is 12.6. The van der Waals surface area contributed by atoms with Crippen LogP contribution < -0.4 is 4.80 Å². The molecule has 1 aliphatic rings. The van der Waals surface area contributed by atoms with Crippen molar-refractivity contribution in [2.45, 2.75) is 20.4 Å². The van der Waals surface area contributed by atoms with Crippen LogP contribution in [0.4, 0.5) is 4.79 Å². The van der Waals surface area contributed by atoms with Gasteiger partial charge in [-0.15, -0.1) is 0 Å². The monoisotopic (exact) mass is 540 g/mol. The summed E-state index contributed by atoms with van der Waals surface area (Å²) in [6.45, 7) is 4.41. The summed E-state index contributed by atoms with van der Waals surface area (Å²) in [4.78, 5) is 55.6. The third-order valence-corrected chi connectivity index (χ3v) is 7.83. The van der Waals surface area contributed by atoms with Gasteiger partial charge in [-0.1, -0.05) is 17.4 Å². The number of thiazole rings is 1. The highest BCUT2D eigenvalue weighted by molar-refractivity contribution is 7.92. The van der Waals surface area contributed by atoms with Gasteiger partial charge in [-0.3, -0.25) is 14.4 Å². The molecule has 0 radical (unpaired) electrons. The van der Waals surface area contributed by atoms with E-state index in [0.29, 0.717) is 5.52 Å². The molecule has 0 N–H and O–H groups in total. The molecule has 1 saturated heterocycles. The molecule has 14 heteroatoms. The molecule has 0 unspecified atom stereocenters. The topological polar surface area (TPSA) is 145 Å². The van der Waals surface area contributed by atoms with Gasteiger partial charge in [0.1, 0.15) is 18.1 Å². The zero-order valence-electron chi connectivity index (χ0n) is 20.3. The summed E-state index contributed by atoms with van der Waals surface area (Å²) in [5.41, 5.74) is 1.62. The first-order valence-corrected chi connectivity index (χ1v) is 13.8. The fourth-order valence-corrected chi connectivity index (χ4v) is 5.87. The van der Waals surface area contributed by atoms with Gasteiger partial charge in [-0.25, -0.2) is 13.2 Å². The Bertz CT molecular complexity index is 1340. The zero-order valence-corrected chi connectivity index (χ0v) is 21.9. The lowest BCUT2D eigenvalue weighted by Crippen LogP contribution is -2.52. The largest absolute Gasteiger partial charge is 0.468 e. The molecular weight excluding hydrogens is 512 g/mol. The summed E-state index contributed by atoms with van der Waals surface area (Å²) in [5, 5.41) is 0. The van der Waals surface area contributed by atoms with Crippen molar-refractivity contribution in [2.75, 3.05) is 51.4 Å². The third-order valence-electron chi connectivity index (χ3n) is 5.42. The molecule has 3 amide bonds. The van der Waals surface area contributed by atoms with Gasteiger partial charge < -0.3 is 23.8 Å². The summed E-state index contributed by atoms with van der Waals surface area (Å²) in [6.07, 6.45) is -0.481. The van der Waals surface area contributed by atoms with E-state index >= 15 is 0 Å². The zero-order chi connectivity index (χ0) is 26.5. The molecule has 1 aliphatic heterocycles. The molecule has 0 aliphatic carbocycles. The highest BCUT2D eigenvalue weighted by Gasteiger charge is 2.29. The van der Waals surface area contributed by atoms with E-state index in [1.54, 1.807) is 13.0 Å². The molecule has 0 atom stereocenters. The summed E-state index contributed by atoms with van der Waals surface area (Å²) in [5.74, 6) is -3.94. The van der Waals surface area contributed by atoms with Crippen LogP contribution in [0.2, 0.25) is 0 Å². The molecule has 0 saturated carbocycles. The second-order valence-electron chi connectivity index (χ2n) is 8.12. The molecule has 1 aromatic carbocycles. The van der Waals surface area contributed by atoms with Crippen LogP contribution in [-0.2, 0) is 40.2 Å². The third kappa shape index (κ3) is 6.91. The Balaban J connectivity index is 1.70. The molecule has 196 valence electrons. The Labute approximate surface area is 212 Å². The van der Waals surface area contributed by atoms with Gasteiger partial charge in [-0.05, 0) is 31.5 Å². The number of ether oxygens (including phenoxy) is 2. The normalized spacial score (nSPS) is 14.7. The second-order valence-corrected chi connectivity index (χ2v) is 11.2. The average Bonchev–Trinajstić information content (AvgIpc) is 3.13. The van der Waals surface area contributed by atoms with Crippen LogP contribution in [0.3, 0.4) is 0 Å². The van der Waals surface area contributed by atoms with Crippen molar-refractivity contribution in [2.24, 2.45) is 4.99 Å². The number of fused-ring (bicyclic) bond motifs is 1. The summed E-state index contributed by atoms with van der Waals surface area (Å²) >= 11 is 1.14. The van der Waals surface area contributed by atoms with Crippen molar-refractivity contribution in [1.29, 1.82) is 0 Å². The second kappa shape index (κ2) is 11.6. The SMILES string of the molecule is CCOC(=O)N1CCN(C(=O)CS(=O)(=O)CC(=O)N=c2sc3cc(C)ccc3n2CC(=O)OC)CC1. The van der Waals surface area contributed by atoms with Crippen LogP contribution in [0.1, 0.15) is 12.5 Å². The molecular formula is C22H28N4O8S2. The maximum absolute atomic E-state index is 12.6. The first kappa shape index (κ1) is 27.3. The summed E-state index contributed by atoms with van der Waals surface area (Å²) in [7, 11) is -2.86. The molecule has 1 fully saturated rings. The lowest BCUT2D eigenvalue weighted by atomic mass is 10.2. The van der Waals surface area contributed by atoms with Gasteiger partial charge in [0.15, 0.2) is 14.6 Å². The Morgan fingerprint density at radius 1 is 1.06 bits per heavy atom. The number of rotatable bonds is 7. The fraction of sp³-hybridized carbons (Fsp3) is 0.500. The number of sulfone groups is 1. The van der Waals surface area contributed by atoms with E-state index in [0.717, 1.165) is 21.6 Å². The molecule has 2 heterocycles. The maximum Gasteiger partial charge on any atom is 0.409 e. The summed E-state index contributed by atoms with van der Waals surface area (Å²) in [6, 6.07) is 5.50. The van der Waals surface area contributed by atoms with E-state index in [-0.39, 0.29) is 44.1 Å². The Morgan fingerprint density at radius 2 is 1.72 bits per heavy atom. The van der Waals surface area contributed by atoms with Crippen molar-refractivity contribution in [3.05, 3.63) is 28.6 Å². The molecule has 0 bridgehead atoms. The average molecular weight is 541 g/mol. The first-order chi connectivity index (χ1) is 17.0. The Kier molecular flexibility index (Phi) is 8.84. The Hall–Kier alpha value is -3.26. The number of amides is 3. The highest BCUT2D eigenvalue weighted by atomic mass is 32.2. The number of aryl methyl sites for hydroxylation is 1. The number of piperazine rings is 1. The molecule has 12 nitrogen and oxygen atoms in total. The minimum atomic E-state index is -4.10. The van der Waals surface area contributed by atoms with E-state index in [4.69, 9.17) is 9.47 Å². The summed E-state index contributed by atoms with van der Waals surface area (Å²) < 4.78 is 37.1. The van der Waals surface area contributed by atoms with Gasteiger partial charge in [0.25, 0.3) is 5.91 Å². The minimum absolute atomic E-state index is 0.155. The van der Waals surface area contributed by atoms with Crippen molar-refractivity contribution in [3.63, 3.8) is 0 Å². The molecule has 3 rings (SSSR count). The van der Waals surface area contributed by atoms with Crippen LogP contribution in [0.25, 0.3) is 10.2 Å². The lowest BCUT2D eigenvalue weighted by molar-refractivity contribution is -0.141. The number of esters is 1. The number of hydrogen-bond acceptors (Lipinski definition) is 9. The van der Waals surface area contributed by atoms with Crippen molar-refractivity contribution < 1.29 is 37.1 Å². The van der Waals surface area contributed by atoms with E-state index in [1.165, 1.54) is 21.5 Å². The molecule has 1 aromatic heterocycles. The number of aromatic nitrogens is 1. The van der Waals surface area contributed by atoms with E-state index < -0.39 is 45.2 Å². The van der Waals surface area contributed by atoms with Crippen LogP contribution in [0.5, 0.6) is 0 Å². The van der Waals surface area contributed by atoms with Crippen LogP contribution in [0, 0.1) is 6.92 Å². The van der Waals surface area contributed by atoms with Gasteiger partial charge in [0.2, 0.25) is 5.91 Å². The predicted octanol–water partition coefficient (Wildman–Crippen LogP) is 0.327. The molecule has 2 aromatic rings. The van der Waals surface area contributed by atoms with Crippen LogP contribution >= 0.6 is 11.3 Å². The van der Waals surface area contributed by atoms with Gasteiger partial charge in [-0.2, -0.15) is 4.99 Å².